The summed E-state index contributed by atoms with van der Waals surface area (Å²) in [6, 6.07) is 12.0. The monoisotopic (exact) mass is 433 g/mol. The third-order valence-corrected chi connectivity index (χ3v) is 5.77. The van der Waals surface area contributed by atoms with E-state index in [1.54, 1.807) is 49.4 Å². The van der Waals surface area contributed by atoms with Crippen LogP contribution in [0.25, 0.3) is 16.6 Å². The van der Waals surface area contributed by atoms with E-state index >= 15 is 0 Å². The minimum absolute atomic E-state index is 0.173. The van der Waals surface area contributed by atoms with Crippen molar-refractivity contribution in [2.75, 3.05) is 6.54 Å². The van der Waals surface area contributed by atoms with Crippen LogP contribution < -0.4 is 10.9 Å². The predicted octanol–water partition coefficient (Wildman–Crippen LogP) is 4.48. The zero-order valence-electron chi connectivity index (χ0n) is 15.0. The first kappa shape index (κ1) is 20.5. The maximum Gasteiger partial charge on any atom is 0.266 e. The summed E-state index contributed by atoms with van der Waals surface area (Å²) in [4.78, 5) is 30.1. The first-order valence-corrected chi connectivity index (χ1v) is 10.1. The minimum atomic E-state index is -0.470. The maximum absolute atomic E-state index is 13.2. The smallest absolute Gasteiger partial charge is 0.266 e. The van der Waals surface area contributed by atoms with Crippen LogP contribution in [-0.4, -0.2) is 27.3 Å². The van der Waals surface area contributed by atoms with Crippen LogP contribution in [0.2, 0.25) is 10.0 Å². The molecular weight excluding hydrogens is 417 g/mol. The molecule has 1 N–H and O–H groups in total. The molecule has 1 heterocycles. The fourth-order valence-corrected chi connectivity index (χ4v) is 3.82. The number of halogens is 2. The number of nitrogens with zero attached hydrogens (tertiary/aromatic N) is 2. The number of carbonyl (C=O) groups is 1. The number of nitrogens with one attached hydrogen (secondary N) is 1. The van der Waals surface area contributed by atoms with Gasteiger partial charge in [-0.2, -0.15) is 0 Å². The zero-order chi connectivity index (χ0) is 20.3. The lowest BCUT2D eigenvalue weighted by Gasteiger charge is -2.16. The van der Waals surface area contributed by atoms with Gasteiger partial charge in [0.25, 0.3) is 5.56 Å². The molecule has 1 amide bonds. The van der Waals surface area contributed by atoms with Crippen molar-refractivity contribution in [3.63, 3.8) is 0 Å². The van der Waals surface area contributed by atoms with Crippen LogP contribution >= 0.6 is 35.0 Å². The highest BCUT2D eigenvalue weighted by Crippen LogP contribution is 2.28. The largest absolute Gasteiger partial charge is 0.352 e. The highest BCUT2D eigenvalue weighted by Gasteiger charge is 2.20. The number of para-hydroxylation sites is 1. The Labute approximate surface area is 176 Å². The lowest BCUT2D eigenvalue weighted by atomic mass is 10.2. The Morgan fingerprint density at radius 2 is 2.04 bits per heavy atom. The van der Waals surface area contributed by atoms with Gasteiger partial charge in [0.2, 0.25) is 5.91 Å². The van der Waals surface area contributed by atoms with Crippen LogP contribution in [0.15, 0.2) is 65.1 Å². The molecule has 0 aliphatic heterocycles. The van der Waals surface area contributed by atoms with E-state index < -0.39 is 5.25 Å². The summed E-state index contributed by atoms with van der Waals surface area (Å²) in [6.45, 7) is 5.71. The minimum Gasteiger partial charge on any atom is -0.352 e. The molecule has 0 spiro atoms. The van der Waals surface area contributed by atoms with Gasteiger partial charge in [0.05, 0.1) is 31.9 Å². The van der Waals surface area contributed by atoms with Gasteiger partial charge in [-0.1, -0.05) is 53.2 Å². The van der Waals surface area contributed by atoms with E-state index in [4.69, 9.17) is 23.2 Å². The first-order valence-electron chi connectivity index (χ1n) is 8.45. The van der Waals surface area contributed by atoms with E-state index in [1.165, 1.54) is 16.3 Å². The molecular formula is C20H17Cl2N3O2S. The van der Waals surface area contributed by atoms with Crippen molar-refractivity contribution in [2.24, 2.45) is 0 Å². The molecule has 0 aliphatic rings. The summed E-state index contributed by atoms with van der Waals surface area (Å²) in [5.41, 5.74) is 0.842. The molecule has 3 aromatic rings. The summed E-state index contributed by atoms with van der Waals surface area (Å²) in [7, 11) is 0. The second kappa shape index (κ2) is 8.82. The van der Waals surface area contributed by atoms with Gasteiger partial charge in [-0.25, -0.2) is 4.98 Å². The van der Waals surface area contributed by atoms with Crippen LogP contribution in [0.1, 0.15) is 6.92 Å². The van der Waals surface area contributed by atoms with Crippen molar-refractivity contribution in [1.82, 2.24) is 14.9 Å². The number of benzene rings is 2. The Bertz CT molecular complexity index is 1110. The number of thioether (sulfide) groups is 1. The van der Waals surface area contributed by atoms with E-state index in [9.17, 15) is 9.59 Å². The molecule has 3 rings (SSSR count). The molecule has 0 aliphatic carbocycles. The Morgan fingerprint density at radius 1 is 1.29 bits per heavy atom. The second-order valence-corrected chi connectivity index (χ2v) is 8.07. The number of amides is 1. The summed E-state index contributed by atoms with van der Waals surface area (Å²) in [5.74, 6) is -0.173. The van der Waals surface area contributed by atoms with E-state index in [2.05, 4.69) is 16.9 Å². The molecule has 0 saturated heterocycles. The van der Waals surface area contributed by atoms with Gasteiger partial charge in [-0.05, 0) is 37.3 Å². The third kappa shape index (κ3) is 4.24. The molecule has 0 fully saturated rings. The van der Waals surface area contributed by atoms with Crippen molar-refractivity contribution in [3.05, 3.63) is 75.5 Å². The molecule has 28 heavy (non-hydrogen) atoms. The van der Waals surface area contributed by atoms with Crippen LogP contribution in [0.4, 0.5) is 0 Å². The standard InChI is InChI=1S/C20H17Cl2N3O2S/c1-3-10-23-18(26)12(2)28-20-24-17-7-5-4-6-14(17)19(27)25(20)13-8-9-15(21)16(22)11-13/h3-9,11-12H,1,10H2,2H3,(H,23,26). The lowest BCUT2D eigenvalue weighted by Crippen LogP contribution is -2.32. The average Bonchev–Trinajstić information content (AvgIpc) is 2.68. The van der Waals surface area contributed by atoms with Crippen molar-refractivity contribution < 1.29 is 4.79 Å². The lowest BCUT2D eigenvalue weighted by molar-refractivity contribution is -0.120. The molecule has 8 heteroatoms. The Morgan fingerprint density at radius 3 is 2.75 bits per heavy atom. The molecule has 144 valence electrons. The van der Waals surface area contributed by atoms with E-state index in [1.807, 2.05) is 6.07 Å². The number of hydrogen-bond donors (Lipinski definition) is 1. The van der Waals surface area contributed by atoms with Crippen LogP contribution in [-0.2, 0) is 4.79 Å². The molecule has 5 nitrogen and oxygen atoms in total. The average molecular weight is 434 g/mol. The van der Waals surface area contributed by atoms with Crippen molar-refractivity contribution in [1.29, 1.82) is 0 Å². The summed E-state index contributed by atoms with van der Waals surface area (Å²) < 4.78 is 1.45. The number of fused-ring (bicyclic) bond motifs is 1. The van der Waals surface area contributed by atoms with Gasteiger partial charge in [0, 0.05) is 6.54 Å². The first-order chi connectivity index (χ1) is 13.4. The highest BCUT2D eigenvalue weighted by atomic mass is 35.5. The quantitative estimate of drug-likeness (QED) is 0.353. The zero-order valence-corrected chi connectivity index (χ0v) is 17.3. The molecule has 1 unspecified atom stereocenters. The summed E-state index contributed by atoms with van der Waals surface area (Å²) in [6.07, 6.45) is 1.61. The van der Waals surface area contributed by atoms with Gasteiger partial charge in [0.1, 0.15) is 0 Å². The van der Waals surface area contributed by atoms with E-state index in [0.717, 1.165) is 0 Å². The number of rotatable bonds is 6. The Hall–Kier alpha value is -2.28. The van der Waals surface area contributed by atoms with Gasteiger partial charge in [-0.3, -0.25) is 14.2 Å². The predicted molar refractivity (Wildman–Crippen MR) is 116 cm³/mol. The third-order valence-electron chi connectivity index (χ3n) is 3.98. The SMILES string of the molecule is C=CCNC(=O)C(C)Sc1nc2ccccc2c(=O)n1-c1ccc(Cl)c(Cl)c1. The molecule has 1 atom stereocenters. The fraction of sp³-hybridized carbons (Fsp3) is 0.150. The van der Waals surface area contributed by atoms with Crippen LogP contribution in [0, 0.1) is 0 Å². The van der Waals surface area contributed by atoms with Gasteiger partial charge >= 0.3 is 0 Å². The topological polar surface area (TPSA) is 64.0 Å². The van der Waals surface area contributed by atoms with E-state index in [0.29, 0.717) is 38.3 Å². The van der Waals surface area contributed by atoms with Crippen molar-refractivity contribution in [2.45, 2.75) is 17.3 Å². The molecule has 2 aromatic carbocycles. The molecule has 0 bridgehead atoms. The van der Waals surface area contributed by atoms with Crippen molar-refractivity contribution in [3.8, 4) is 5.69 Å². The second-order valence-electron chi connectivity index (χ2n) is 5.94. The summed E-state index contributed by atoms with van der Waals surface area (Å²) >= 11 is 13.4. The Kier molecular flexibility index (Phi) is 6.44. The molecule has 1 aromatic heterocycles. The highest BCUT2D eigenvalue weighted by molar-refractivity contribution is 8.00. The van der Waals surface area contributed by atoms with Gasteiger partial charge in [-0.15, -0.1) is 6.58 Å². The summed E-state index contributed by atoms with van der Waals surface area (Å²) in [5, 5.41) is 3.86. The van der Waals surface area contributed by atoms with Gasteiger partial charge < -0.3 is 5.32 Å². The number of carbonyl (C=O) groups excluding carboxylic acids is 1. The van der Waals surface area contributed by atoms with Crippen LogP contribution in [0.3, 0.4) is 0 Å². The fourth-order valence-electron chi connectivity index (χ4n) is 2.57. The number of hydrogen-bond acceptors (Lipinski definition) is 4. The molecule has 0 saturated carbocycles. The maximum atomic E-state index is 13.2. The molecule has 0 radical (unpaired) electrons. The Balaban J connectivity index is 2.14. The van der Waals surface area contributed by atoms with Gasteiger partial charge in [0.15, 0.2) is 5.16 Å². The normalized spacial score (nSPS) is 12.0. The van der Waals surface area contributed by atoms with E-state index in [-0.39, 0.29) is 11.5 Å². The van der Waals surface area contributed by atoms with Crippen LogP contribution in [0.5, 0.6) is 0 Å². The number of aromatic nitrogens is 2. The van der Waals surface area contributed by atoms with Crippen molar-refractivity contribution >= 4 is 51.8 Å².